The Morgan fingerprint density at radius 1 is 1.44 bits per heavy atom. The van der Waals surface area contributed by atoms with Gasteiger partial charge in [-0.05, 0) is 70.3 Å². The average molecular weight is 321 g/mol. The van der Waals surface area contributed by atoms with E-state index in [-0.39, 0.29) is 5.04 Å². The molecule has 0 fully saturated rings. The highest BCUT2D eigenvalue weighted by molar-refractivity contribution is 9.11. The van der Waals surface area contributed by atoms with Crippen LogP contribution in [0.4, 0.5) is 0 Å². The minimum Gasteiger partial charge on any atom is -0.432 e. The van der Waals surface area contributed by atoms with E-state index in [4.69, 9.17) is 0 Å². The van der Waals surface area contributed by atoms with Crippen LogP contribution >= 0.6 is 27.3 Å². The van der Waals surface area contributed by atoms with Crippen molar-refractivity contribution in [2.24, 2.45) is 0 Å². The highest BCUT2D eigenvalue weighted by atomic mass is 79.9. The normalized spacial score (nSPS) is 13.1. The fourth-order valence-electron chi connectivity index (χ4n) is 1.53. The SMILES string of the molecule is CC(C)(CCCc1ccsc1Br)[Si](C)(C)O. The van der Waals surface area contributed by atoms with Crippen molar-refractivity contribution in [3.05, 3.63) is 20.8 Å². The van der Waals surface area contributed by atoms with Crippen molar-refractivity contribution in [3.8, 4) is 0 Å². The molecule has 0 bridgehead atoms. The van der Waals surface area contributed by atoms with Gasteiger partial charge in [0.2, 0.25) is 0 Å². The Hall–Kier alpha value is 0.357. The van der Waals surface area contributed by atoms with Crippen LogP contribution in [-0.4, -0.2) is 13.1 Å². The van der Waals surface area contributed by atoms with Crippen LogP contribution in [0.1, 0.15) is 32.3 Å². The highest BCUT2D eigenvalue weighted by Gasteiger charge is 2.37. The largest absolute Gasteiger partial charge is 0.432 e. The summed E-state index contributed by atoms with van der Waals surface area (Å²) < 4.78 is 1.26. The van der Waals surface area contributed by atoms with Crippen molar-refractivity contribution in [1.82, 2.24) is 0 Å². The molecule has 0 aliphatic heterocycles. The topological polar surface area (TPSA) is 20.2 Å². The number of hydrogen-bond acceptors (Lipinski definition) is 2. The van der Waals surface area contributed by atoms with E-state index < -0.39 is 8.32 Å². The van der Waals surface area contributed by atoms with E-state index in [2.05, 4.69) is 41.2 Å². The Labute approximate surface area is 112 Å². The number of rotatable bonds is 5. The van der Waals surface area contributed by atoms with Crippen LogP contribution in [0.3, 0.4) is 0 Å². The Balaban J connectivity index is 2.45. The first-order chi connectivity index (χ1) is 7.24. The molecule has 1 N–H and O–H groups in total. The molecule has 1 nitrogen and oxygen atoms in total. The molecule has 0 aliphatic rings. The molecule has 0 aliphatic carbocycles. The third kappa shape index (κ3) is 3.69. The third-order valence-corrected chi connectivity index (χ3v) is 8.97. The van der Waals surface area contributed by atoms with E-state index in [1.54, 1.807) is 11.3 Å². The molecule has 0 spiro atoms. The molecule has 0 saturated heterocycles. The molecule has 0 amide bonds. The van der Waals surface area contributed by atoms with Gasteiger partial charge in [-0.3, -0.25) is 0 Å². The quantitative estimate of drug-likeness (QED) is 0.772. The molecule has 0 aromatic carbocycles. The molecule has 0 radical (unpaired) electrons. The van der Waals surface area contributed by atoms with E-state index in [1.807, 2.05) is 13.1 Å². The van der Waals surface area contributed by atoms with Crippen molar-refractivity contribution < 1.29 is 4.80 Å². The predicted octanol–water partition coefficient (Wildman–Crippen LogP) is 4.81. The first-order valence-corrected chi connectivity index (χ1v) is 10.3. The van der Waals surface area contributed by atoms with E-state index >= 15 is 0 Å². The zero-order valence-electron chi connectivity index (χ0n) is 10.5. The maximum absolute atomic E-state index is 10.2. The maximum Gasteiger partial charge on any atom is 0.188 e. The van der Waals surface area contributed by atoms with Crippen LogP contribution in [0.2, 0.25) is 18.1 Å². The van der Waals surface area contributed by atoms with Gasteiger partial charge in [-0.15, -0.1) is 11.3 Å². The molecule has 92 valence electrons. The number of hydrogen-bond donors (Lipinski definition) is 1. The summed E-state index contributed by atoms with van der Waals surface area (Å²) in [5, 5.41) is 2.23. The summed E-state index contributed by atoms with van der Waals surface area (Å²) in [4.78, 5) is 10.2. The van der Waals surface area contributed by atoms with Gasteiger partial charge in [0, 0.05) is 0 Å². The molecule has 1 aromatic rings. The lowest BCUT2D eigenvalue weighted by atomic mass is 10.0. The molecule has 0 saturated carbocycles. The van der Waals surface area contributed by atoms with Crippen molar-refractivity contribution in [1.29, 1.82) is 0 Å². The lowest BCUT2D eigenvalue weighted by Crippen LogP contribution is -2.38. The molecular weight excluding hydrogens is 300 g/mol. The van der Waals surface area contributed by atoms with Gasteiger partial charge in [0.05, 0.1) is 3.79 Å². The maximum atomic E-state index is 10.2. The summed E-state index contributed by atoms with van der Waals surface area (Å²) >= 11 is 5.31. The highest BCUT2D eigenvalue weighted by Crippen LogP contribution is 2.40. The zero-order chi connectivity index (χ0) is 12.4. The first-order valence-electron chi connectivity index (χ1n) is 5.68. The van der Waals surface area contributed by atoms with Crippen LogP contribution in [-0.2, 0) is 6.42 Å². The van der Waals surface area contributed by atoms with Crippen LogP contribution in [0.15, 0.2) is 15.2 Å². The zero-order valence-corrected chi connectivity index (χ0v) is 13.9. The fraction of sp³-hybridized carbons (Fsp3) is 0.667. The van der Waals surface area contributed by atoms with E-state index in [0.29, 0.717) is 0 Å². The minimum atomic E-state index is -2.03. The van der Waals surface area contributed by atoms with Gasteiger partial charge in [-0.2, -0.15) is 0 Å². The Bertz CT molecular complexity index is 341. The smallest absolute Gasteiger partial charge is 0.188 e. The average Bonchev–Trinajstić information content (AvgIpc) is 2.49. The summed E-state index contributed by atoms with van der Waals surface area (Å²) in [6.45, 7) is 8.46. The first kappa shape index (κ1) is 14.4. The van der Waals surface area contributed by atoms with Gasteiger partial charge in [0.25, 0.3) is 0 Å². The molecule has 1 heterocycles. The Kier molecular flexibility index (Phi) is 4.81. The predicted molar refractivity (Wildman–Crippen MR) is 78.7 cm³/mol. The summed E-state index contributed by atoms with van der Waals surface area (Å²) in [5.41, 5.74) is 1.40. The van der Waals surface area contributed by atoms with Crippen molar-refractivity contribution in [2.45, 2.75) is 51.2 Å². The van der Waals surface area contributed by atoms with Crippen molar-refractivity contribution in [3.63, 3.8) is 0 Å². The van der Waals surface area contributed by atoms with Gasteiger partial charge in [-0.1, -0.05) is 13.8 Å². The van der Waals surface area contributed by atoms with Gasteiger partial charge >= 0.3 is 0 Å². The third-order valence-electron chi connectivity index (χ3n) is 3.60. The Morgan fingerprint density at radius 2 is 2.06 bits per heavy atom. The van der Waals surface area contributed by atoms with Crippen LogP contribution in [0.5, 0.6) is 0 Å². The van der Waals surface area contributed by atoms with Crippen molar-refractivity contribution in [2.75, 3.05) is 0 Å². The number of aryl methyl sites for hydroxylation is 1. The van der Waals surface area contributed by atoms with E-state index in [1.165, 1.54) is 9.35 Å². The lowest BCUT2D eigenvalue weighted by molar-refractivity contribution is 0.443. The number of thiophene rings is 1. The number of halogens is 1. The standard InChI is InChI=1S/C12H21BrOSSi/c1-12(2,16(3,4)14)8-5-6-10-7-9-15-11(10)13/h7,9,14H,5-6,8H2,1-4H3. The van der Waals surface area contributed by atoms with Crippen LogP contribution < -0.4 is 0 Å². The van der Waals surface area contributed by atoms with E-state index in [9.17, 15) is 4.80 Å². The van der Waals surface area contributed by atoms with Gasteiger partial charge in [-0.25, -0.2) is 0 Å². The second-order valence-corrected chi connectivity index (χ2v) is 12.2. The van der Waals surface area contributed by atoms with Gasteiger partial charge in [0.1, 0.15) is 0 Å². The van der Waals surface area contributed by atoms with E-state index in [0.717, 1.165) is 19.3 Å². The van der Waals surface area contributed by atoms with Crippen LogP contribution in [0, 0.1) is 0 Å². The second-order valence-electron chi connectivity index (χ2n) is 5.52. The monoisotopic (exact) mass is 320 g/mol. The molecule has 16 heavy (non-hydrogen) atoms. The summed E-state index contributed by atoms with van der Waals surface area (Å²) in [6, 6.07) is 2.18. The summed E-state index contributed by atoms with van der Waals surface area (Å²) in [7, 11) is -2.03. The fourth-order valence-corrected chi connectivity index (χ4v) is 3.64. The molecule has 0 atom stereocenters. The molecule has 4 heteroatoms. The summed E-state index contributed by atoms with van der Waals surface area (Å²) in [5.74, 6) is 0. The summed E-state index contributed by atoms with van der Waals surface area (Å²) in [6.07, 6.45) is 3.36. The molecular formula is C12H21BrOSSi. The second kappa shape index (κ2) is 5.34. The van der Waals surface area contributed by atoms with Gasteiger partial charge in [0.15, 0.2) is 8.32 Å². The lowest BCUT2D eigenvalue weighted by Gasteiger charge is -2.35. The Morgan fingerprint density at radius 3 is 2.50 bits per heavy atom. The molecule has 1 rings (SSSR count). The van der Waals surface area contributed by atoms with Crippen molar-refractivity contribution >= 4 is 35.6 Å². The van der Waals surface area contributed by atoms with Crippen LogP contribution in [0.25, 0.3) is 0 Å². The van der Waals surface area contributed by atoms with Gasteiger partial charge < -0.3 is 4.80 Å². The minimum absolute atomic E-state index is 0.107. The molecule has 0 unspecified atom stereocenters. The molecule has 1 aromatic heterocycles.